The summed E-state index contributed by atoms with van der Waals surface area (Å²) in [5.74, 6) is 5.85. The van der Waals surface area contributed by atoms with Gasteiger partial charge in [-0.15, -0.1) is 11.3 Å². The van der Waals surface area contributed by atoms with Crippen LogP contribution in [0.5, 0.6) is 0 Å². The average Bonchev–Trinajstić information content (AvgIpc) is 3.04. The lowest BCUT2D eigenvalue weighted by Gasteiger charge is -1.99. The second-order valence-corrected chi connectivity index (χ2v) is 4.47. The Labute approximate surface area is 108 Å². The lowest BCUT2D eigenvalue weighted by atomic mass is 10.4. The van der Waals surface area contributed by atoms with Gasteiger partial charge in [-0.25, -0.2) is 0 Å². The third-order valence-electron chi connectivity index (χ3n) is 2.12. The molecule has 2 heterocycles. The molecule has 18 heavy (non-hydrogen) atoms. The molecule has 0 aliphatic carbocycles. The summed E-state index contributed by atoms with van der Waals surface area (Å²) in [6, 6.07) is 7.04. The molecular formula is C13H11NO3S. The van der Waals surface area contributed by atoms with Crippen LogP contribution in [0.4, 0.5) is 0 Å². The van der Waals surface area contributed by atoms with E-state index in [2.05, 4.69) is 17.2 Å². The van der Waals surface area contributed by atoms with Crippen molar-refractivity contribution in [2.75, 3.05) is 6.61 Å². The van der Waals surface area contributed by atoms with E-state index in [0.29, 0.717) is 17.2 Å². The van der Waals surface area contributed by atoms with E-state index in [4.69, 9.17) is 9.52 Å². The molecule has 2 N–H and O–H groups in total. The molecule has 4 nitrogen and oxygen atoms in total. The Morgan fingerprint density at radius 1 is 1.44 bits per heavy atom. The van der Waals surface area contributed by atoms with E-state index in [1.165, 1.54) is 11.3 Å². The van der Waals surface area contributed by atoms with Crippen LogP contribution < -0.4 is 5.32 Å². The van der Waals surface area contributed by atoms with E-state index >= 15 is 0 Å². The quantitative estimate of drug-likeness (QED) is 0.825. The monoisotopic (exact) mass is 261 g/mol. The van der Waals surface area contributed by atoms with Gasteiger partial charge in [-0.1, -0.05) is 11.8 Å². The summed E-state index contributed by atoms with van der Waals surface area (Å²) < 4.78 is 5.12. The number of hydrogen-bond acceptors (Lipinski definition) is 4. The van der Waals surface area contributed by atoms with Crippen molar-refractivity contribution >= 4 is 17.2 Å². The van der Waals surface area contributed by atoms with Crippen molar-refractivity contribution in [1.29, 1.82) is 0 Å². The second-order valence-electron chi connectivity index (χ2n) is 3.39. The van der Waals surface area contributed by atoms with E-state index in [0.717, 1.165) is 4.88 Å². The molecule has 5 heteroatoms. The maximum atomic E-state index is 11.8. The van der Waals surface area contributed by atoms with Gasteiger partial charge in [0.2, 0.25) is 0 Å². The lowest BCUT2D eigenvalue weighted by molar-refractivity contribution is 0.0952. The molecule has 0 aliphatic rings. The van der Waals surface area contributed by atoms with Gasteiger partial charge in [-0.2, -0.15) is 0 Å². The van der Waals surface area contributed by atoms with E-state index in [9.17, 15) is 4.79 Å². The van der Waals surface area contributed by atoms with Gasteiger partial charge in [0.1, 0.15) is 12.4 Å². The standard InChI is InChI=1S/C13H11NO3S/c15-7-1-4-11-5-6-12(18-11)13(16)14-9-10-3-2-8-17-10/h2-3,5-6,8,15H,7,9H2,(H,14,16). The fourth-order valence-electron chi connectivity index (χ4n) is 1.32. The Kier molecular flexibility index (Phi) is 4.18. The predicted molar refractivity (Wildman–Crippen MR) is 68.2 cm³/mol. The van der Waals surface area contributed by atoms with Gasteiger partial charge >= 0.3 is 0 Å². The van der Waals surface area contributed by atoms with Crippen LogP contribution in [-0.4, -0.2) is 17.6 Å². The van der Waals surface area contributed by atoms with Crippen molar-refractivity contribution in [1.82, 2.24) is 5.32 Å². The number of carbonyl (C=O) groups excluding carboxylic acids is 1. The number of thiophene rings is 1. The van der Waals surface area contributed by atoms with Crippen LogP contribution in [0.15, 0.2) is 34.9 Å². The number of amides is 1. The van der Waals surface area contributed by atoms with E-state index < -0.39 is 0 Å². The molecule has 0 bridgehead atoms. The first-order valence-electron chi connectivity index (χ1n) is 5.30. The van der Waals surface area contributed by atoms with Crippen LogP contribution in [0.2, 0.25) is 0 Å². The van der Waals surface area contributed by atoms with Crippen molar-refractivity contribution in [3.63, 3.8) is 0 Å². The van der Waals surface area contributed by atoms with Crippen LogP contribution in [0.1, 0.15) is 20.3 Å². The van der Waals surface area contributed by atoms with Crippen molar-refractivity contribution in [2.45, 2.75) is 6.54 Å². The van der Waals surface area contributed by atoms with Gasteiger partial charge in [-0.3, -0.25) is 4.79 Å². The fraction of sp³-hybridized carbons (Fsp3) is 0.154. The minimum absolute atomic E-state index is 0.159. The highest BCUT2D eigenvalue weighted by molar-refractivity contribution is 7.14. The molecule has 0 radical (unpaired) electrons. The number of rotatable bonds is 3. The number of hydrogen-bond donors (Lipinski definition) is 2. The fourth-order valence-corrected chi connectivity index (χ4v) is 2.12. The Bertz CT molecular complexity index is 575. The number of nitrogens with one attached hydrogen (secondary N) is 1. The molecule has 2 aromatic rings. The van der Waals surface area contributed by atoms with Gasteiger partial charge in [0.15, 0.2) is 0 Å². The molecule has 0 atom stereocenters. The minimum Gasteiger partial charge on any atom is -0.467 e. The van der Waals surface area contributed by atoms with E-state index in [1.54, 1.807) is 30.5 Å². The second kappa shape index (κ2) is 6.05. The summed E-state index contributed by atoms with van der Waals surface area (Å²) in [5, 5.41) is 11.3. The van der Waals surface area contributed by atoms with Crippen molar-refractivity contribution < 1.29 is 14.3 Å². The van der Waals surface area contributed by atoms with Gasteiger partial charge in [0.25, 0.3) is 5.91 Å². The summed E-state index contributed by atoms with van der Waals surface area (Å²) in [6.07, 6.45) is 1.56. The van der Waals surface area contributed by atoms with Gasteiger partial charge in [-0.05, 0) is 24.3 Å². The van der Waals surface area contributed by atoms with Crippen LogP contribution in [0, 0.1) is 11.8 Å². The van der Waals surface area contributed by atoms with Crippen LogP contribution in [-0.2, 0) is 6.54 Å². The molecular weight excluding hydrogens is 250 g/mol. The van der Waals surface area contributed by atoms with Crippen LogP contribution in [0.3, 0.4) is 0 Å². The number of carbonyl (C=O) groups is 1. The summed E-state index contributed by atoms with van der Waals surface area (Å²) in [4.78, 5) is 13.1. The van der Waals surface area contributed by atoms with E-state index in [1.807, 2.05) is 0 Å². The maximum Gasteiger partial charge on any atom is 0.261 e. The van der Waals surface area contributed by atoms with Crippen LogP contribution in [0.25, 0.3) is 0 Å². The number of furan rings is 1. The summed E-state index contributed by atoms with van der Waals surface area (Å²) >= 11 is 1.29. The molecule has 2 aromatic heterocycles. The molecule has 1 amide bonds. The molecule has 92 valence electrons. The minimum atomic E-state index is -0.183. The highest BCUT2D eigenvalue weighted by Gasteiger charge is 2.08. The van der Waals surface area contributed by atoms with Gasteiger partial charge < -0.3 is 14.8 Å². The smallest absolute Gasteiger partial charge is 0.261 e. The zero-order valence-corrected chi connectivity index (χ0v) is 10.3. The van der Waals surface area contributed by atoms with Gasteiger partial charge in [0.05, 0.1) is 22.6 Å². The molecule has 0 aromatic carbocycles. The Morgan fingerprint density at radius 2 is 2.33 bits per heavy atom. The molecule has 0 unspecified atom stereocenters. The molecule has 0 aliphatic heterocycles. The molecule has 2 rings (SSSR count). The predicted octanol–water partition coefficient (Wildman–Crippen LogP) is 1.61. The van der Waals surface area contributed by atoms with E-state index in [-0.39, 0.29) is 12.5 Å². The molecule has 0 spiro atoms. The maximum absolute atomic E-state index is 11.8. The third kappa shape index (κ3) is 3.23. The molecule has 0 saturated heterocycles. The largest absolute Gasteiger partial charge is 0.467 e. The summed E-state index contributed by atoms with van der Waals surface area (Å²) in [6.45, 7) is 0.180. The number of aliphatic hydroxyl groups is 1. The van der Waals surface area contributed by atoms with Crippen molar-refractivity contribution in [2.24, 2.45) is 0 Å². The van der Waals surface area contributed by atoms with Crippen molar-refractivity contribution in [3.05, 3.63) is 46.0 Å². The highest BCUT2D eigenvalue weighted by Crippen LogP contribution is 2.15. The first-order chi connectivity index (χ1) is 8.79. The average molecular weight is 261 g/mol. The first-order valence-corrected chi connectivity index (χ1v) is 6.11. The van der Waals surface area contributed by atoms with Crippen molar-refractivity contribution in [3.8, 4) is 11.8 Å². The number of aliphatic hydroxyl groups excluding tert-OH is 1. The Morgan fingerprint density at radius 3 is 3.06 bits per heavy atom. The highest BCUT2D eigenvalue weighted by atomic mass is 32.1. The van der Waals surface area contributed by atoms with Crippen LogP contribution >= 0.6 is 11.3 Å². The molecule has 0 fully saturated rings. The topological polar surface area (TPSA) is 62.5 Å². The normalized spacial score (nSPS) is 9.61. The zero-order valence-electron chi connectivity index (χ0n) is 9.47. The Hall–Kier alpha value is -2.03. The summed E-state index contributed by atoms with van der Waals surface area (Å²) in [5.41, 5.74) is 0. The molecule has 0 saturated carbocycles. The third-order valence-corrected chi connectivity index (χ3v) is 3.12. The SMILES string of the molecule is O=C(NCc1ccco1)c1ccc(C#CCO)s1. The lowest BCUT2D eigenvalue weighted by Crippen LogP contribution is -2.21. The first kappa shape index (κ1) is 12.4. The summed E-state index contributed by atoms with van der Waals surface area (Å²) in [7, 11) is 0. The zero-order chi connectivity index (χ0) is 12.8. The Balaban J connectivity index is 1.94. The van der Waals surface area contributed by atoms with Gasteiger partial charge in [0, 0.05) is 0 Å².